The van der Waals surface area contributed by atoms with E-state index in [2.05, 4.69) is 5.32 Å². The first-order valence-corrected chi connectivity index (χ1v) is 9.32. The topological polar surface area (TPSA) is 62.6 Å². The Labute approximate surface area is 164 Å². The molecule has 28 heavy (non-hydrogen) atoms. The number of anilines is 1. The Bertz CT molecular complexity index is 1020. The van der Waals surface area contributed by atoms with E-state index >= 15 is 0 Å². The second-order valence-corrected chi connectivity index (χ2v) is 7.21. The van der Waals surface area contributed by atoms with Crippen molar-refractivity contribution < 1.29 is 14.0 Å². The van der Waals surface area contributed by atoms with Crippen molar-refractivity contribution >= 4 is 17.5 Å². The summed E-state index contributed by atoms with van der Waals surface area (Å²) in [4.78, 5) is 27.8. The third kappa shape index (κ3) is 3.43. The van der Waals surface area contributed by atoms with E-state index in [9.17, 15) is 9.59 Å². The van der Waals surface area contributed by atoms with Gasteiger partial charge in [0.1, 0.15) is 6.04 Å². The summed E-state index contributed by atoms with van der Waals surface area (Å²) in [6, 6.07) is 16.5. The van der Waals surface area contributed by atoms with E-state index in [1.165, 1.54) is 6.26 Å². The Balaban J connectivity index is 1.65. The van der Waals surface area contributed by atoms with Crippen molar-refractivity contribution in [3.05, 3.63) is 88.9 Å². The average Bonchev–Trinajstić information content (AvgIpc) is 3.23. The Hall–Kier alpha value is -3.34. The average molecular weight is 374 g/mol. The van der Waals surface area contributed by atoms with E-state index < -0.39 is 6.04 Å². The van der Waals surface area contributed by atoms with Crippen LogP contribution < -0.4 is 5.32 Å². The molecular formula is C23H22N2O3. The highest BCUT2D eigenvalue weighted by Crippen LogP contribution is 2.26. The lowest BCUT2D eigenvalue weighted by molar-refractivity contribution is -0.121. The number of furan rings is 1. The minimum Gasteiger partial charge on any atom is -0.459 e. The van der Waals surface area contributed by atoms with E-state index in [-0.39, 0.29) is 17.6 Å². The van der Waals surface area contributed by atoms with Crippen LogP contribution in [-0.4, -0.2) is 22.8 Å². The first kappa shape index (κ1) is 18.0. The number of fused-ring (bicyclic) bond motifs is 1. The van der Waals surface area contributed by atoms with Crippen molar-refractivity contribution in [2.45, 2.75) is 32.9 Å². The minimum absolute atomic E-state index is 0.193. The van der Waals surface area contributed by atoms with Gasteiger partial charge in [0.05, 0.1) is 6.26 Å². The molecule has 4 rings (SSSR count). The molecule has 0 bridgehead atoms. The third-order valence-electron chi connectivity index (χ3n) is 5.18. The summed E-state index contributed by atoms with van der Waals surface area (Å²) in [6.45, 7) is 4.35. The van der Waals surface area contributed by atoms with Crippen LogP contribution in [0.1, 0.15) is 32.8 Å². The summed E-state index contributed by atoms with van der Waals surface area (Å²) in [5, 5.41) is 3.00. The number of carbonyl (C=O) groups is 2. The van der Waals surface area contributed by atoms with Crippen molar-refractivity contribution in [3.8, 4) is 0 Å². The molecule has 3 aromatic rings. The number of aryl methyl sites for hydroxylation is 2. The molecule has 1 atom stereocenters. The second-order valence-electron chi connectivity index (χ2n) is 7.21. The van der Waals surface area contributed by atoms with Gasteiger partial charge in [0.2, 0.25) is 5.91 Å². The number of rotatable bonds is 3. The maximum Gasteiger partial charge on any atom is 0.290 e. The molecule has 1 N–H and O–H groups in total. The molecule has 0 saturated heterocycles. The van der Waals surface area contributed by atoms with Crippen LogP contribution in [0.4, 0.5) is 5.69 Å². The fraction of sp³-hybridized carbons (Fsp3) is 0.217. The first-order chi connectivity index (χ1) is 13.5. The van der Waals surface area contributed by atoms with E-state index in [4.69, 9.17) is 4.42 Å². The summed E-state index contributed by atoms with van der Waals surface area (Å²) >= 11 is 0. The van der Waals surface area contributed by atoms with Crippen LogP contribution in [0.25, 0.3) is 0 Å². The molecule has 2 amide bonds. The zero-order chi connectivity index (χ0) is 19.7. The molecule has 2 heterocycles. The highest BCUT2D eigenvalue weighted by molar-refractivity contribution is 6.01. The third-order valence-corrected chi connectivity index (χ3v) is 5.18. The van der Waals surface area contributed by atoms with Gasteiger partial charge in [0.25, 0.3) is 5.91 Å². The van der Waals surface area contributed by atoms with Crippen molar-refractivity contribution in [2.24, 2.45) is 0 Å². The number of hydrogen-bond acceptors (Lipinski definition) is 3. The molecule has 0 aliphatic carbocycles. The van der Waals surface area contributed by atoms with Crippen LogP contribution in [0.2, 0.25) is 0 Å². The van der Waals surface area contributed by atoms with Crippen molar-refractivity contribution in [3.63, 3.8) is 0 Å². The van der Waals surface area contributed by atoms with Gasteiger partial charge < -0.3 is 14.6 Å². The van der Waals surface area contributed by atoms with E-state index in [1.54, 1.807) is 17.0 Å². The maximum absolute atomic E-state index is 13.2. The lowest BCUT2D eigenvalue weighted by Gasteiger charge is -2.35. The fourth-order valence-electron chi connectivity index (χ4n) is 3.68. The Morgan fingerprint density at radius 1 is 1.04 bits per heavy atom. The molecule has 2 aromatic carbocycles. The number of amides is 2. The highest BCUT2D eigenvalue weighted by atomic mass is 16.3. The molecule has 0 radical (unpaired) electrons. The summed E-state index contributed by atoms with van der Waals surface area (Å²) in [5.41, 5.74) is 5.04. The Morgan fingerprint density at radius 3 is 2.54 bits per heavy atom. The van der Waals surface area contributed by atoms with Gasteiger partial charge in [-0.25, -0.2) is 0 Å². The summed E-state index contributed by atoms with van der Waals surface area (Å²) in [7, 11) is 0. The van der Waals surface area contributed by atoms with E-state index in [0.29, 0.717) is 13.0 Å². The van der Waals surface area contributed by atoms with E-state index in [1.807, 2.05) is 56.3 Å². The van der Waals surface area contributed by atoms with Crippen LogP contribution >= 0.6 is 0 Å². The van der Waals surface area contributed by atoms with Gasteiger partial charge in [-0.15, -0.1) is 0 Å². The predicted molar refractivity (Wildman–Crippen MR) is 107 cm³/mol. The molecule has 1 aromatic heterocycles. The van der Waals surface area contributed by atoms with Crippen molar-refractivity contribution in [1.29, 1.82) is 0 Å². The van der Waals surface area contributed by atoms with Gasteiger partial charge in [-0.2, -0.15) is 0 Å². The number of benzene rings is 2. The lowest BCUT2D eigenvalue weighted by atomic mass is 9.93. The molecule has 142 valence electrons. The Kier molecular flexibility index (Phi) is 4.74. The number of carbonyl (C=O) groups excluding carboxylic acids is 2. The van der Waals surface area contributed by atoms with Gasteiger partial charge in [-0.3, -0.25) is 9.59 Å². The SMILES string of the molecule is Cc1ccc(NC(=O)C2Cc3ccccc3CN2C(=O)c2ccco2)c(C)c1. The van der Waals surface area contributed by atoms with Gasteiger partial charge >= 0.3 is 0 Å². The van der Waals surface area contributed by atoms with Gasteiger partial charge in [-0.05, 0) is 48.7 Å². The van der Waals surface area contributed by atoms with Crippen LogP contribution in [-0.2, 0) is 17.8 Å². The highest BCUT2D eigenvalue weighted by Gasteiger charge is 2.36. The zero-order valence-electron chi connectivity index (χ0n) is 15.9. The molecule has 0 spiro atoms. The first-order valence-electron chi connectivity index (χ1n) is 9.32. The molecule has 1 aliphatic rings. The fourth-order valence-corrected chi connectivity index (χ4v) is 3.68. The smallest absolute Gasteiger partial charge is 0.290 e. The molecule has 5 nitrogen and oxygen atoms in total. The second kappa shape index (κ2) is 7.35. The standard InChI is InChI=1S/C23H22N2O3/c1-15-9-10-19(16(2)12-15)24-22(26)20-13-17-6-3-4-7-18(17)14-25(20)23(27)21-8-5-11-28-21/h3-12,20H,13-14H2,1-2H3,(H,24,26). The largest absolute Gasteiger partial charge is 0.459 e. The summed E-state index contributed by atoms with van der Waals surface area (Å²) in [6.07, 6.45) is 1.94. The van der Waals surface area contributed by atoms with Crippen LogP contribution in [0.15, 0.2) is 65.3 Å². The molecule has 1 unspecified atom stereocenters. The monoisotopic (exact) mass is 374 g/mol. The lowest BCUT2D eigenvalue weighted by Crippen LogP contribution is -2.50. The predicted octanol–water partition coefficient (Wildman–Crippen LogP) is 4.10. The van der Waals surface area contributed by atoms with Gasteiger partial charge in [-0.1, -0.05) is 42.0 Å². The molecule has 5 heteroatoms. The number of nitrogens with one attached hydrogen (secondary N) is 1. The van der Waals surface area contributed by atoms with Gasteiger partial charge in [0, 0.05) is 18.7 Å². The Morgan fingerprint density at radius 2 is 1.82 bits per heavy atom. The zero-order valence-corrected chi connectivity index (χ0v) is 15.9. The van der Waals surface area contributed by atoms with Crippen LogP contribution in [0, 0.1) is 13.8 Å². The summed E-state index contributed by atoms with van der Waals surface area (Å²) < 4.78 is 5.29. The van der Waals surface area contributed by atoms with E-state index in [0.717, 1.165) is 27.9 Å². The molecule has 0 saturated carbocycles. The molecule has 1 aliphatic heterocycles. The van der Waals surface area contributed by atoms with Gasteiger partial charge in [0.15, 0.2) is 5.76 Å². The number of nitrogens with zero attached hydrogens (tertiary/aromatic N) is 1. The minimum atomic E-state index is -0.604. The normalized spacial score (nSPS) is 15.8. The molecule has 0 fully saturated rings. The maximum atomic E-state index is 13.2. The van der Waals surface area contributed by atoms with Crippen molar-refractivity contribution in [1.82, 2.24) is 4.90 Å². The van der Waals surface area contributed by atoms with Crippen molar-refractivity contribution in [2.75, 3.05) is 5.32 Å². The van der Waals surface area contributed by atoms with Crippen LogP contribution in [0.3, 0.4) is 0 Å². The summed E-state index contributed by atoms with van der Waals surface area (Å²) in [5.74, 6) is -0.231. The molecular weight excluding hydrogens is 352 g/mol. The quantitative estimate of drug-likeness (QED) is 0.751. The number of hydrogen-bond donors (Lipinski definition) is 1. The van der Waals surface area contributed by atoms with Crippen LogP contribution in [0.5, 0.6) is 0 Å².